The van der Waals surface area contributed by atoms with Crippen molar-refractivity contribution in [2.45, 2.75) is 32.7 Å². The van der Waals surface area contributed by atoms with Crippen molar-refractivity contribution in [2.75, 3.05) is 11.9 Å². The van der Waals surface area contributed by atoms with Crippen LogP contribution < -0.4 is 10.6 Å². The average molecular weight is 208 g/mol. The summed E-state index contributed by atoms with van der Waals surface area (Å²) in [6.07, 6.45) is 2.34. The fourth-order valence-corrected chi connectivity index (χ4v) is 1.77. The van der Waals surface area contributed by atoms with Crippen LogP contribution in [0, 0.1) is 0 Å². The van der Waals surface area contributed by atoms with Crippen LogP contribution in [0.1, 0.15) is 31.0 Å². The Morgan fingerprint density at radius 2 is 2.47 bits per heavy atom. The third-order valence-electron chi connectivity index (χ3n) is 2.54. The number of nitrogens with one attached hydrogen (secondary N) is 3. The largest absolute Gasteiger partial charge is 0.311 e. The highest BCUT2D eigenvalue weighted by molar-refractivity contribution is 5.90. The van der Waals surface area contributed by atoms with Crippen LogP contribution in [-0.4, -0.2) is 22.6 Å². The fraction of sp³-hybridized carbons (Fsp3) is 0.600. The molecule has 5 heteroatoms. The molecular formula is C10H16N4O. The van der Waals surface area contributed by atoms with Crippen molar-refractivity contribution < 1.29 is 4.79 Å². The first-order valence-electron chi connectivity index (χ1n) is 5.38. The molecule has 82 valence electrons. The molecule has 1 aliphatic heterocycles. The van der Waals surface area contributed by atoms with E-state index in [4.69, 9.17) is 0 Å². The number of rotatable bonds is 3. The van der Waals surface area contributed by atoms with Crippen LogP contribution in [0.4, 0.5) is 5.82 Å². The summed E-state index contributed by atoms with van der Waals surface area (Å²) >= 11 is 0. The summed E-state index contributed by atoms with van der Waals surface area (Å²) in [5, 5.41) is 13.2. The summed E-state index contributed by atoms with van der Waals surface area (Å²) < 4.78 is 0. The summed E-state index contributed by atoms with van der Waals surface area (Å²) in [6, 6.07) is 0. The zero-order chi connectivity index (χ0) is 10.7. The van der Waals surface area contributed by atoms with Gasteiger partial charge in [0.1, 0.15) is 0 Å². The van der Waals surface area contributed by atoms with Crippen LogP contribution in [0.5, 0.6) is 0 Å². The second-order valence-electron chi connectivity index (χ2n) is 3.75. The molecule has 0 saturated heterocycles. The van der Waals surface area contributed by atoms with Crippen molar-refractivity contribution in [2.24, 2.45) is 0 Å². The number of aromatic amines is 1. The van der Waals surface area contributed by atoms with Crippen LogP contribution in [0.25, 0.3) is 0 Å². The second kappa shape index (κ2) is 4.44. The molecule has 3 N–H and O–H groups in total. The standard InChI is InChI=1S/C10H16N4O/c1-2-3-9(15)12-10-7-4-5-11-6-8(7)13-14-10/h11H,2-6H2,1H3,(H2,12,13,14,15). The van der Waals surface area contributed by atoms with Gasteiger partial charge in [0.25, 0.3) is 0 Å². The molecule has 0 spiro atoms. The molecule has 0 fully saturated rings. The van der Waals surface area contributed by atoms with Crippen molar-refractivity contribution in [1.29, 1.82) is 0 Å². The molecule has 1 aliphatic rings. The molecule has 0 bridgehead atoms. The number of amides is 1. The average Bonchev–Trinajstić information content (AvgIpc) is 2.62. The van der Waals surface area contributed by atoms with Gasteiger partial charge in [0.15, 0.2) is 5.82 Å². The molecule has 0 unspecified atom stereocenters. The molecule has 2 heterocycles. The van der Waals surface area contributed by atoms with Gasteiger partial charge in [-0.1, -0.05) is 6.92 Å². The topological polar surface area (TPSA) is 69.8 Å². The van der Waals surface area contributed by atoms with Gasteiger partial charge in [-0.25, -0.2) is 0 Å². The monoisotopic (exact) mass is 208 g/mol. The van der Waals surface area contributed by atoms with Crippen molar-refractivity contribution >= 4 is 11.7 Å². The van der Waals surface area contributed by atoms with Crippen LogP contribution in [0.2, 0.25) is 0 Å². The van der Waals surface area contributed by atoms with Gasteiger partial charge in [0.2, 0.25) is 5.91 Å². The van der Waals surface area contributed by atoms with Gasteiger partial charge in [-0.15, -0.1) is 0 Å². The maximum absolute atomic E-state index is 11.4. The molecule has 15 heavy (non-hydrogen) atoms. The normalized spacial score (nSPS) is 14.7. The fourth-order valence-electron chi connectivity index (χ4n) is 1.77. The first-order valence-corrected chi connectivity index (χ1v) is 5.38. The third-order valence-corrected chi connectivity index (χ3v) is 2.54. The van der Waals surface area contributed by atoms with Gasteiger partial charge in [-0.2, -0.15) is 5.10 Å². The molecule has 0 atom stereocenters. The van der Waals surface area contributed by atoms with E-state index in [1.165, 1.54) is 0 Å². The Labute approximate surface area is 88.6 Å². The Balaban J connectivity index is 2.08. The summed E-state index contributed by atoms with van der Waals surface area (Å²) in [7, 11) is 0. The molecule has 2 rings (SSSR count). The van der Waals surface area contributed by atoms with Crippen LogP contribution in [0.15, 0.2) is 0 Å². The molecule has 1 aromatic rings. The lowest BCUT2D eigenvalue weighted by Crippen LogP contribution is -2.24. The number of fused-ring (bicyclic) bond motifs is 1. The molecular weight excluding hydrogens is 192 g/mol. The number of nitrogens with zero attached hydrogens (tertiary/aromatic N) is 1. The van der Waals surface area contributed by atoms with Crippen LogP contribution >= 0.6 is 0 Å². The van der Waals surface area contributed by atoms with Crippen LogP contribution in [-0.2, 0) is 17.8 Å². The lowest BCUT2D eigenvalue weighted by atomic mass is 10.1. The van der Waals surface area contributed by atoms with Gasteiger partial charge in [-0.05, 0) is 19.4 Å². The number of H-pyrrole nitrogens is 1. The number of aromatic nitrogens is 2. The van der Waals surface area contributed by atoms with E-state index in [1.807, 2.05) is 6.92 Å². The van der Waals surface area contributed by atoms with E-state index in [0.29, 0.717) is 12.2 Å². The Bertz CT molecular complexity index is 358. The zero-order valence-corrected chi connectivity index (χ0v) is 8.89. The Hall–Kier alpha value is -1.36. The molecule has 0 aliphatic carbocycles. The first kappa shape index (κ1) is 10.2. The number of anilines is 1. The maximum Gasteiger partial charge on any atom is 0.225 e. The summed E-state index contributed by atoms with van der Waals surface area (Å²) in [6.45, 7) is 3.75. The van der Waals surface area contributed by atoms with E-state index in [1.54, 1.807) is 0 Å². The molecule has 0 saturated carbocycles. The number of hydrogen-bond acceptors (Lipinski definition) is 3. The van der Waals surface area contributed by atoms with Crippen molar-refractivity contribution in [1.82, 2.24) is 15.5 Å². The van der Waals surface area contributed by atoms with E-state index in [2.05, 4.69) is 20.8 Å². The smallest absolute Gasteiger partial charge is 0.225 e. The SMILES string of the molecule is CCCC(=O)Nc1n[nH]c2c1CCNC2. The molecule has 5 nitrogen and oxygen atoms in total. The van der Waals surface area contributed by atoms with Gasteiger partial charge in [-0.3, -0.25) is 9.89 Å². The predicted molar refractivity (Wildman–Crippen MR) is 57.5 cm³/mol. The van der Waals surface area contributed by atoms with Crippen LogP contribution in [0.3, 0.4) is 0 Å². The predicted octanol–water partition coefficient (Wildman–Crippen LogP) is 0.794. The number of hydrogen-bond donors (Lipinski definition) is 3. The van der Waals surface area contributed by atoms with Gasteiger partial charge in [0.05, 0.1) is 5.69 Å². The van der Waals surface area contributed by atoms with Gasteiger partial charge in [0, 0.05) is 18.5 Å². The summed E-state index contributed by atoms with van der Waals surface area (Å²) in [5.74, 6) is 0.760. The minimum atomic E-state index is 0.0466. The third kappa shape index (κ3) is 2.18. The highest BCUT2D eigenvalue weighted by Crippen LogP contribution is 2.19. The second-order valence-corrected chi connectivity index (χ2v) is 3.75. The number of carbonyl (C=O) groups is 1. The quantitative estimate of drug-likeness (QED) is 0.688. The zero-order valence-electron chi connectivity index (χ0n) is 8.89. The molecule has 0 radical (unpaired) electrons. The highest BCUT2D eigenvalue weighted by atomic mass is 16.1. The van der Waals surface area contributed by atoms with E-state index in [-0.39, 0.29) is 5.91 Å². The lowest BCUT2D eigenvalue weighted by molar-refractivity contribution is -0.116. The molecule has 0 aromatic carbocycles. The maximum atomic E-state index is 11.4. The van der Waals surface area contributed by atoms with Gasteiger partial charge < -0.3 is 10.6 Å². The van der Waals surface area contributed by atoms with Crippen molar-refractivity contribution in [3.63, 3.8) is 0 Å². The van der Waals surface area contributed by atoms with Crippen molar-refractivity contribution in [3.8, 4) is 0 Å². The minimum Gasteiger partial charge on any atom is -0.311 e. The van der Waals surface area contributed by atoms with E-state index < -0.39 is 0 Å². The van der Waals surface area contributed by atoms with E-state index in [0.717, 1.165) is 37.2 Å². The molecule has 1 aromatic heterocycles. The lowest BCUT2D eigenvalue weighted by Gasteiger charge is -2.12. The van der Waals surface area contributed by atoms with E-state index in [9.17, 15) is 4.79 Å². The Morgan fingerprint density at radius 1 is 1.60 bits per heavy atom. The van der Waals surface area contributed by atoms with E-state index >= 15 is 0 Å². The summed E-state index contributed by atoms with van der Waals surface area (Å²) in [5.41, 5.74) is 2.24. The first-order chi connectivity index (χ1) is 7.31. The summed E-state index contributed by atoms with van der Waals surface area (Å²) in [4.78, 5) is 11.4. The Kier molecular flexibility index (Phi) is 3.01. The Morgan fingerprint density at radius 3 is 3.27 bits per heavy atom. The number of carbonyl (C=O) groups excluding carboxylic acids is 1. The highest BCUT2D eigenvalue weighted by Gasteiger charge is 2.17. The van der Waals surface area contributed by atoms with Gasteiger partial charge >= 0.3 is 0 Å². The minimum absolute atomic E-state index is 0.0466. The van der Waals surface area contributed by atoms with Crippen molar-refractivity contribution in [3.05, 3.63) is 11.3 Å². The molecule has 1 amide bonds.